The van der Waals surface area contributed by atoms with Gasteiger partial charge in [-0.3, -0.25) is 4.79 Å². The number of aromatic nitrogens is 1. The molecule has 3 rings (SSSR count). The van der Waals surface area contributed by atoms with E-state index >= 15 is 0 Å². The minimum Gasteiger partial charge on any atom is -0.354 e. The number of hydrogen-bond acceptors (Lipinski definition) is 1. The zero-order valence-corrected chi connectivity index (χ0v) is 12.7. The van der Waals surface area contributed by atoms with Crippen LogP contribution in [0.5, 0.6) is 0 Å². The summed E-state index contributed by atoms with van der Waals surface area (Å²) in [5, 5.41) is 3.19. The van der Waals surface area contributed by atoms with Gasteiger partial charge in [0.2, 0.25) is 0 Å². The van der Waals surface area contributed by atoms with E-state index in [4.69, 9.17) is 0 Å². The highest BCUT2D eigenvalue weighted by atomic mass is 19.1. The summed E-state index contributed by atoms with van der Waals surface area (Å²) in [6.45, 7) is 2.16. The van der Waals surface area contributed by atoms with Gasteiger partial charge in [0.15, 0.2) is 0 Å². The quantitative estimate of drug-likeness (QED) is 0.740. The third kappa shape index (κ3) is 3.95. The maximum Gasteiger partial charge on any atom is 0.267 e. The lowest BCUT2D eigenvalue weighted by Crippen LogP contribution is -2.17. The van der Waals surface area contributed by atoms with E-state index in [1.165, 1.54) is 17.7 Å². The van der Waals surface area contributed by atoms with Crippen LogP contribution in [0.1, 0.15) is 23.0 Å². The van der Waals surface area contributed by atoms with Crippen LogP contribution in [0, 0.1) is 5.82 Å². The van der Waals surface area contributed by atoms with Crippen LogP contribution in [-0.2, 0) is 6.42 Å². The minimum atomic E-state index is -0.306. The molecule has 1 amide bonds. The molecule has 0 saturated carbocycles. The first-order valence-electron chi connectivity index (χ1n) is 7.18. The molecular weight excluding hydrogens is 279 g/mol. The van der Waals surface area contributed by atoms with Crippen molar-refractivity contribution in [3.05, 3.63) is 71.7 Å². The lowest BCUT2D eigenvalue weighted by Gasteiger charge is -1.92. The highest BCUT2D eigenvalue weighted by Gasteiger charge is 2.07. The molecule has 0 aliphatic rings. The standard InChI is InChI=1S/C10H9FN2O.C8H10/c1-12-10(14)9-5-6-4-7(11)2-3-8(6)13-9;1-2-8-6-4-3-5-7-8/h2-5,13H,1H3,(H,12,14);3-7H,2H2,1H3. The molecule has 3 aromatic rings. The molecule has 2 aromatic carbocycles. The molecule has 1 heterocycles. The average molecular weight is 298 g/mol. The molecule has 0 bridgehead atoms. The number of benzene rings is 2. The Balaban J connectivity index is 0.000000188. The van der Waals surface area contributed by atoms with E-state index in [1.54, 1.807) is 19.2 Å². The summed E-state index contributed by atoms with van der Waals surface area (Å²) in [7, 11) is 1.55. The Hall–Kier alpha value is -2.62. The molecule has 114 valence electrons. The molecular formula is C18H19FN2O. The lowest BCUT2D eigenvalue weighted by atomic mass is 10.2. The molecule has 22 heavy (non-hydrogen) atoms. The van der Waals surface area contributed by atoms with Crippen molar-refractivity contribution in [2.45, 2.75) is 13.3 Å². The predicted octanol–water partition coefficient (Wildman–Crippen LogP) is 3.92. The fourth-order valence-electron chi connectivity index (χ4n) is 2.07. The predicted molar refractivity (Wildman–Crippen MR) is 87.5 cm³/mol. The highest BCUT2D eigenvalue weighted by Crippen LogP contribution is 2.16. The number of aryl methyl sites for hydroxylation is 1. The molecule has 0 aliphatic heterocycles. The second-order valence-corrected chi connectivity index (χ2v) is 4.83. The minimum absolute atomic E-state index is 0.207. The maximum atomic E-state index is 12.8. The van der Waals surface area contributed by atoms with E-state index in [0.29, 0.717) is 11.1 Å². The number of H-pyrrole nitrogens is 1. The Kier molecular flexibility index (Phi) is 5.31. The normalized spacial score (nSPS) is 9.95. The topological polar surface area (TPSA) is 44.9 Å². The second-order valence-electron chi connectivity index (χ2n) is 4.83. The number of hydrogen-bond donors (Lipinski definition) is 2. The number of aromatic amines is 1. The van der Waals surface area contributed by atoms with Gasteiger partial charge in [-0.25, -0.2) is 4.39 Å². The van der Waals surface area contributed by atoms with Crippen LogP contribution in [0.3, 0.4) is 0 Å². The molecule has 0 atom stereocenters. The Labute approximate surface area is 129 Å². The summed E-state index contributed by atoms with van der Waals surface area (Å²) < 4.78 is 12.8. The Morgan fingerprint density at radius 3 is 2.45 bits per heavy atom. The molecule has 1 aromatic heterocycles. The van der Waals surface area contributed by atoms with E-state index in [2.05, 4.69) is 41.5 Å². The highest BCUT2D eigenvalue weighted by molar-refractivity contribution is 5.97. The molecule has 0 fully saturated rings. The van der Waals surface area contributed by atoms with Gasteiger partial charge in [-0.1, -0.05) is 37.3 Å². The van der Waals surface area contributed by atoms with Crippen molar-refractivity contribution >= 4 is 16.8 Å². The number of halogens is 1. The Morgan fingerprint density at radius 2 is 1.86 bits per heavy atom. The van der Waals surface area contributed by atoms with Crippen LogP contribution in [0.2, 0.25) is 0 Å². The summed E-state index contributed by atoms with van der Waals surface area (Å²) in [6, 6.07) is 16.4. The number of amides is 1. The number of rotatable bonds is 2. The van der Waals surface area contributed by atoms with Crippen molar-refractivity contribution in [2.24, 2.45) is 0 Å². The van der Waals surface area contributed by atoms with Crippen LogP contribution in [0.4, 0.5) is 4.39 Å². The molecule has 0 radical (unpaired) electrons. The molecule has 0 spiro atoms. The molecule has 0 unspecified atom stereocenters. The van der Waals surface area contributed by atoms with E-state index in [1.807, 2.05) is 6.07 Å². The van der Waals surface area contributed by atoms with Crippen LogP contribution >= 0.6 is 0 Å². The van der Waals surface area contributed by atoms with Crippen molar-refractivity contribution in [2.75, 3.05) is 7.05 Å². The van der Waals surface area contributed by atoms with Crippen molar-refractivity contribution in [1.82, 2.24) is 10.3 Å². The van der Waals surface area contributed by atoms with E-state index in [0.717, 1.165) is 11.9 Å². The Bertz CT molecular complexity index is 750. The van der Waals surface area contributed by atoms with Gasteiger partial charge in [0.05, 0.1) is 0 Å². The molecule has 2 N–H and O–H groups in total. The van der Waals surface area contributed by atoms with E-state index < -0.39 is 0 Å². The first kappa shape index (κ1) is 15.8. The van der Waals surface area contributed by atoms with Crippen LogP contribution in [0.25, 0.3) is 10.9 Å². The first-order chi connectivity index (χ1) is 10.6. The third-order valence-corrected chi connectivity index (χ3v) is 3.31. The smallest absolute Gasteiger partial charge is 0.267 e. The number of carbonyl (C=O) groups is 1. The molecule has 3 nitrogen and oxygen atoms in total. The second kappa shape index (κ2) is 7.41. The summed E-state index contributed by atoms with van der Waals surface area (Å²) in [6.07, 6.45) is 1.14. The van der Waals surface area contributed by atoms with Gasteiger partial charge in [-0.15, -0.1) is 0 Å². The van der Waals surface area contributed by atoms with E-state index in [-0.39, 0.29) is 11.7 Å². The zero-order valence-electron chi connectivity index (χ0n) is 12.7. The van der Waals surface area contributed by atoms with Crippen molar-refractivity contribution < 1.29 is 9.18 Å². The fraction of sp³-hybridized carbons (Fsp3) is 0.167. The molecule has 0 saturated heterocycles. The summed E-state index contributed by atoms with van der Waals surface area (Å²) in [5.74, 6) is -0.512. The summed E-state index contributed by atoms with van der Waals surface area (Å²) in [4.78, 5) is 14.1. The van der Waals surface area contributed by atoms with Gasteiger partial charge in [0.1, 0.15) is 11.5 Å². The largest absolute Gasteiger partial charge is 0.354 e. The molecule has 4 heteroatoms. The van der Waals surface area contributed by atoms with Gasteiger partial charge in [0.25, 0.3) is 5.91 Å². The van der Waals surface area contributed by atoms with Crippen molar-refractivity contribution in [3.63, 3.8) is 0 Å². The van der Waals surface area contributed by atoms with Crippen LogP contribution in [0.15, 0.2) is 54.6 Å². The van der Waals surface area contributed by atoms with E-state index in [9.17, 15) is 9.18 Å². The number of fused-ring (bicyclic) bond motifs is 1. The maximum absolute atomic E-state index is 12.8. The van der Waals surface area contributed by atoms with Crippen molar-refractivity contribution in [1.29, 1.82) is 0 Å². The summed E-state index contributed by atoms with van der Waals surface area (Å²) in [5.41, 5.74) is 2.60. The van der Waals surface area contributed by atoms with Gasteiger partial charge in [-0.05, 0) is 36.2 Å². The third-order valence-electron chi connectivity index (χ3n) is 3.31. The fourth-order valence-corrected chi connectivity index (χ4v) is 2.07. The van der Waals surface area contributed by atoms with Crippen molar-refractivity contribution in [3.8, 4) is 0 Å². The van der Waals surface area contributed by atoms with Gasteiger partial charge >= 0.3 is 0 Å². The van der Waals surface area contributed by atoms with Gasteiger partial charge in [-0.2, -0.15) is 0 Å². The van der Waals surface area contributed by atoms with Crippen LogP contribution < -0.4 is 5.32 Å². The summed E-state index contributed by atoms with van der Waals surface area (Å²) >= 11 is 0. The average Bonchev–Trinajstić information content (AvgIpc) is 2.98. The lowest BCUT2D eigenvalue weighted by molar-refractivity contribution is 0.0959. The number of nitrogens with one attached hydrogen (secondary N) is 2. The Morgan fingerprint density at radius 1 is 1.14 bits per heavy atom. The van der Waals surface area contributed by atoms with Gasteiger partial charge in [0, 0.05) is 18.0 Å². The van der Waals surface area contributed by atoms with Gasteiger partial charge < -0.3 is 10.3 Å². The number of carbonyl (C=O) groups excluding carboxylic acids is 1. The monoisotopic (exact) mass is 298 g/mol. The SMILES string of the molecule is CCc1ccccc1.CNC(=O)c1cc2cc(F)ccc2[nH]1. The first-order valence-corrected chi connectivity index (χ1v) is 7.18. The zero-order chi connectivity index (χ0) is 15.9. The van der Waals surface area contributed by atoms with Crippen LogP contribution in [-0.4, -0.2) is 17.9 Å². The molecule has 0 aliphatic carbocycles.